The third kappa shape index (κ3) is 6.31. The van der Waals surface area contributed by atoms with Crippen LogP contribution in [0, 0.1) is 0 Å². The van der Waals surface area contributed by atoms with Crippen LogP contribution in [-0.4, -0.2) is 107 Å². The van der Waals surface area contributed by atoms with Crippen LogP contribution in [0.4, 0.5) is 0 Å². The summed E-state index contributed by atoms with van der Waals surface area (Å²) in [5, 5.41) is 0. The number of carbonyl (C=O) groups excluding carboxylic acids is 1. The first-order valence-electron chi connectivity index (χ1n) is 10.2. The quantitative estimate of drug-likeness (QED) is 0.543. The van der Waals surface area contributed by atoms with Gasteiger partial charge < -0.3 is 19.1 Å². The van der Waals surface area contributed by atoms with Gasteiger partial charge in [-0.15, -0.1) is 0 Å². The van der Waals surface area contributed by atoms with Gasteiger partial charge in [-0.1, -0.05) is 0 Å². The number of rotatable bonds is 9. The Labute approximate surface area is 178 Å². The number of hydrogen-bond acceptors (Lipinski definition) is 7. The summed E-state index contributed by atoms with van der Waals surface area (Å²) in [6.45, 7) is 4.92. The molecule has 2 aliphatic rings. The van der Waals surface area contributed by atoms with Crippen molar-refractivity contribution in [2.75, 3.05) is 72.5 Å². The van der Waals surface area contributed by atoms with Crippen LogP contribution < -0.4 is 9.47 Å². The number of sulfonamides is 1. The first-order valence-corrected chi connectivity index (χ1v) is 12.0. The highest BCUT2D eigenvalue weighted by atomic mass is 32.2. The fourth-order valence-electron chi connectivity index (χ4n) is 3.80. The monoisotopic (exact) mass is 441 g/mol. The van der Waals surface area contributed by atoms with E-state index in [-0.39, 0.29) is 18.6 Å². The van der Waals surface area contributed by atoms with E-state index in [4.69, 9.17) is 14.2 Å². The van der Waals surface area contributed by atoms with Gasteiger partial charge in [0.15, 0.2) is 6.61 Å². The van der Waals surface area contributed by atoms with Gasteiger partial charge in [-0.2, -0.15) is 4.31 Å². The first-order chi connectivity index (χ1) is 14.4. The number of carbonyl (C=O) groups is 1. The van der Waals surface area contributed by atoms with E-state index in [2.05, 4.69) is 4.90 Å². The van der Waals surface area contributed by atoms with E-state index >= 15 is 0 Å². The summed E-state index contributed by atoms with van der Waals surface area (Å²) in [6, 6.07) is 6.83. The predicted molar refractivity (Wildman–Crippen MR) is 112 cm³/mol. The van der Waals surface area contributed by atoms with Crippen molar-refractivity contribution in [1.82, 2.24) is 14.1 Å². The van der Waals surface area contributed by atoms with Gasteiger partial charge in [0, 0.05) is 45.3 Å². The molecule has 0 bridgehead atoms. The molecule has 10 heteroatoms. The summed E-state index contributed by atoms with van der Waals surface area (Å²) in [6.07, 6.45) is 1.87. The Morgan fingerprint density at radius 1 is 1.17 bits per heavy atom. The molecular formula is C20H31N3O6S. The van der Waals surface area contributed by atoms with Gasteiger partial charge in [-0.25, -0.2) is 8.42 Å². The summed E-state index contributed by atoms with van der Waals surface area (Å²) >= 11 is 0. The number of benzene rings is 1. The van der Waals surface area contributed by atoms with Crippen molar-refractivity contribution in [3.63, 3.8) is 0 Å². The number of ether oxygens (including phenoxy) is 3. The maximum absolute atomic E-state index is 12.6. The normalized spacial score (nSPS) is 20.5. The van der Waals surface area contributed by atoms with Crippen LogP contribution in [0.15, 0.2) is 24.3 Å². The highest BCUT2D eigenvalue weighted by Gasteiger charge is 2.35. The van der Waals surface area contributed by atoms with E-state index < -0.39 is 10.0 Å². The molecule has 2 heterocycles. The zero-order valence-corrected chi connectivity index (χ0v) is 18.5. The fraction of sp³-hybridized carbons (Fsp3) is 0.650. The number of nitrogens with zero attached hydrogens (tertiary/aromatic N) is 3. The topological polar surface area (TPSA) is 88.6 Å². The highest BCUT2D eigenvalue weighted by Crippen LogP contribution is 2.20. The average molecular weight is 442 g/mol. The lowest BCUT2D eigenvalue weighted by Gasteiger charge is -2.31. The molecule has 0 spiro atoms. The van der Waals surface area contributed by atoms with Crippen LogP contribution in [0.2, 0.25) is 0 Å². The lowest BCUT2D eigenvalue weighted by molar-refractivity contribution is -0.132. The van der Waals surface area contributed by atoms with E-state index in [1.165, 1.54) is 6.26 Å². The van der Waals surface area contributed by atoms with Gasteiger partial charge in [0.2, 0.25) is 10.0 Å². The van der Waals surface area contributed by atoms with Gasteiger partial charge in [0.25, 0.3) is 5.91 Å². The molecule has 2 saturated heterocycles. The zero-order valence-electron chi connectivity index (χ0n) is 17.7. The second-order valence-electron chi connectivity index (χ2n) is 7.57. The van der Waals surface area contributed by atoms with Crippen LogP contribution >= 0.6 is 0 Å². The van der Waals surface area contributed by atoms with Gasteiger partial charge in [0.1, 0.15) is 11.5 Å². The molecule has 2 fully saturated rings. The Morgan fingerprint density at radius 2 is 1.83 bits per heavy atom. The van der Waals surface area contributed by atoms with Crippen molar-refractivity contribution in [3.8, 4) is 11.5 Å². The minimum atomic E-state index is -3.37. The highest BCUT2D eigenvalue weighted by molar-refractivity contribution is 7.88. The summed E-state index contributed by atoms with van der Waals surface area (Å²) < 4.78 is 42.3. The van der Waals surface area contributed by atoms with Gasteiger partial charge >= 0.3 is 0 Å². The van der Waals surface area contributed by atoms with E-state index in [1.54, 1.807) is 40.6 Å². The molecule has 1 aromatic rings. The molecule has 1 unspecified atom stereocenters. The number of methoxy groups -OCH3 is 1. The lowest BCUT2D eigenvalue weighted by atomic mass is 10.2. The summed E-state index contributed by atoms with van der Waals surface area (Å²) in [5.41, 5.74) is 0. The molecule has 1 atom stereocenters. The average Bonchev–Trinajstić information content (AvgIpc) is 3.22. The maximum Gasteiger partial charge on any atom is 0.260 e. The third-order valence-corrected chi connectivity index (χ3v) is 6.84. The maximum atomic E-state index is 12.6. The number of likely N-dealkylation sites (tertiary alicyclic amines) is 1. The van der Waals surface area contributed by atoms with Crippen molar-refractivity contribution in [3.05, 3.63) is 24.3 Å². The lowest BCUT2D eigenvalue weighted by Crippen LogP contribution is -2.47. The molecule has 0 aromatic heterocycles. The van der Waals surface area contributed by atoms with E-state index in [1.807, 2.05) is 0 Å². The molecular weight excluding hydrogens is 410 g/mol. The SMILES string of the molecule is COc1ccc(OCC(=O)N2CCC(N(CCN3CCOCC3)S(C)(=O)=O)C2)cc1. The minimum absolute atomic E-state index is 0.0777. The molecule has 0 saturated carbocycles. The molecule has 30 heavy (non-hydrogen) atoms. The van der Waals surface area contributed by atoms with Crippen LogP contribution in [0.5, 0.6) is 11.5 Å². The van der Waals surface area contributed by atoms with Crippen molar-refractivity contribution >= 4 is 15.9 Å². The molecule has 168 valence electrons. The molecule has 0 aliphatic carbocycles. The molecule has 0 radical (unpaired) electrons. The van der Waals surface area contributed by atoms with Gasteiger partial charge in [-0.05, 0) is 30.7 Å². The number of amides is 1. The van der Waals surface area contributed by atoms with Crippen LogP contribution in [0.25, 0.3) is 0 Å². The first kappa shape index (κ1) is 22.8. The molecule has 1 aromatic carbocycles. The minimum Gasteiger partial charge on any atom is -0.497 e. The van der Waals surface area contributed by atoms with Crippen molar-refractivity contribution in [1.29, 1.82) is 0 Å². The second kappa shape index (κ2) is 10.4. The Kier molecular flexibility index (Phi) is 7.93. The zero-order chi connectivity index (χ0) is 21.6. The Balaban J connectivity index is 1.50. The summed E-state index contributed by atoms with van der Waals surface area (Å²) in [4.78, 5) is 16.4. The van der Waals surface area contributed by atoms with E-state index in [0.29, 0.717) is 57.3 Å². The molecule has 1 amide bonds. The summed E-state index contributed by atoms with van der Waals surface area (Å²) in [5.74, 6) is 1.16. The van der Waals surface area contributed by atoms with Crippen molar-refractivity contribution in [2.24, 2.45) is 0 Å². The smallest absolute Gasteiger partial charge is 0.260 e. The van der Waals surface area contributed by atoms with Gasteiger partial charge in [0.05, 0.1) is 26.6 Å². The molecule has 3 rings (SSSR count). The fourth-order valence-corrected chi connectivity index (χ4v) is 4.92. The Hall–Kier alpha value is -1.88. The number of hydrogen-bond donors (Lipinski definition) is 0. The van der Waals surface area contributed by atoms with Crippen molar-refractivity contribution in [2.45, 2.75) is 12.5 Å². The molecule has 9 nitrogen and oxygen atoms in total. The van der Waals surface area contributed by atoms with E-state index in [0.717, 1.165) is 13.1 Å². The van der Waals surface area contributed by atoms with Crippen LogP contribution in [0.1, 0.15) is 6.42 Å². The molecule has 0 N–H and O–H groups in total. The third-order valence-electron chi connectivity index (χ3n) is 5.51. The largest absolute Gasteiger partial charge is 0.497 e. The van der Waals surface area contributed by atoms with E-state index in [9.17, 15) is 13.2 Å². The number of morpholine rings is 1. The van der Waals surface area contributed by atoms with Crippen LogP contribution in [0.3, 0.4) is 0 Å². The Morgan fingerprint density at radius 3 is 2.47 bits per heavy atom. The Bertz CT molecular complexity index is 795. The summed E-state index contributed by atoms with van der Waals surface area (Å²) in [7, 11) is -1.78. The van der Waals surface area contributed by atoms with Crippen molar-refractivity contribution < 1.29 is 27.4 Å². The van der Waals surface area contributed by atoms with Gasteiger partial charge in [-0.3, -0.25) is 9.69 Å². The van der Waals surface area contributed by atoms with Crippen LogP contribution in [-0.2, 0) is 19.6 Å². The second-order valence-corrected chi connectivity index (χ2v) is 9.51. The molecule has 2 aliphatic heterocycles. The predicted octanol–water partition coefficient (Wildman–Crippen LogP) is 0.269. The standard InChI is InChI=1S/C20H31N3O6S/c1-27-18-3-5-19(6-4-18)29-16-20(24)22-8-7-17(15-22)23(30(2,25)26)10-9-21-11-13-28-14-12-21/h3-6,17H,7-16H2,1-2H3.